The van der Waals surface area contributed by atoms with E-state index in [0.29, 0.717) is 20.2 Å². The van der Waals surface area contributed by atoms with E-state index in [9.17, 15) is 14.9 Å². The van der Waals surface area contributed by atoms with Gasteiger partial charge in [0.25, 0.3) is 11.6 Å². The third-order valence-electron chi connectivity index (χ3n) is 2.63. The van der Waals surface area contributed by atoms with Gasteiger partial charge in [-0.3, -0.25) is 20.2 Å². The molecule has 0 saturated carbocycles. The molecule has 10 heteroatoms. The van der Waals surface area contributed by atoms with Gasteiger partial charge in [-0.05, 0) is 6.07 Å². The summed E-state index contributed by atoms with van der Waals surface area (Å²) in [5.41, 5.74) is 0.531. The van der Waals surface area contributed by atoms with Crippen LogP contribution < -0.4 is 5.32 Å². The molecule has 0 aliphatic rings. The first-order valence-corrected chi connectivity index (χ1v) is 7.42. The van der Waals surface area contributed by atoms with E-state index in [4.69, 9.17) is 5.26 Å². The zero-order chi connectivity index (χ0) is 15.7. The van der Waals surface area contributed by atoms with Crippen LogP contribution in [0.25, 0.3) is 10.2 Å². The first-order valence-electron chi connectivity index (χ1n) is 5.79. The Morgan fingerprint density at radius 2 is 2.23 bits per heavy atom. The molecule has 3 rings (SSSR count). The average Bonchev–Trinajstić information content (AvgIpc) is 3.12. The van der Waals surface area contributed by atoms with Crippen molar-refractivity contribution in [1.29, 1.82) is 5.26 Å². The van der Waals surface area contributed by atoms with Crippen LogP contribution >= 0.6 is 22.7 Å². The van der Waals surface area contributed by atoms with E-state index in [-0.39, 0.29) is 10.7 Å². The standard InChI is InChI=1S/C12H5N5O3S2/c13-4-10-14-5-9(21-10)11(18)16-12-15-7-2-1-6(17(19)20)3-8(7)22-12/h1-3,5H,(H,15,16,18). The summed E-state index contributed by atoms with van der Waals surface area (Å²) in [6.45, 7) is 0. The van der Waals surface area contributed by atoms with Gasteiger partial charge in [0.05, 0.1) is 21.3 Å². The summed E-state index contributed by atoms with van der Waals surface area (Å²) in [7, 11) is 0. The Morgan fingerprint density at radius 1 is 1.41 bits per heavy atom. The molecule has 1 N–H and O–H groups in total. The van der Waals surface area contributed by atoms with Crippen LogP contribution in [0.3, 0.4) is 0 Å². The van der Waals surface area contributed by atoms with Crippen molar-refractivity contribution in [2.24, 2.45) is 0 Å². The van der Waals surface area contributed by atoms with E-state index >= 15 is 0 Å². The molecule has 0 saturated heterocycles. The maximum Gasteiger partial charge on any atom is 0.270 e. The van der Waals surface area contributed by atoms with Gasteiger partial charge < -0.3 is 0 Å². The molecule has 2 heterocycles. The number of hydrogen-bond donors (Lipinski definition) is 1. The molecule has 3 aromatic rings. The van der Waals surface area contributed by atoms with Crippen molar-refractivity contribution in [1.82, 2.24) is 9.97 Å². The molecule has 1 amide bonds. The van der Waals surface area contributed by atoms with E-state index in [1.807, 2.05) is 6.07 Å². The number of rotatable bonds is 3. The Balaban J connectivity index is 1.86. The lowest BCUT2D eigenvalue weighted by molar-refractivity contribution is -0.384. The number of nitrogens with one attached hydrogen (secondary N) is 1. The number of hydrogen-bond acceptors (Lipinski definition) is 8. The Bertz CT molecular complexity index is 940. The number of anilines is 1. The SMILES string of the molecule is N#Cc1ncc(C(=O)Nc2nc3ccc([N+](=O)[O-])cc3s2)s1. The summed E-state index contributed by atoms with van der Waals surface area (Å²) in [5, 5.41) is 22.5. The second-order valence-electron chi connectivity index (χ2n) is 4.02. The van der Waals surface area contributed by atoms with Gasteiger partial charge >= 0.3 is 0 Å². The van der Waals surface area contributed by atoms with Crippen LogP contribution in [-0.4, -0.2) is 20.8 Å². The van der Waals surface area contributed by atoms with Crippen LogP contribution in [0.5, 0.6) is 0 Å². The number of non-ortho nitro benzene ring substituents is 1. The fourth-order valence-corrected chi connectivity index (χ4v) is 3.17. The molecule has 22 heavy (non-hydrogen) atoms. The van der Waals surface area contributed by atoms with Crippen LogP contribution in [-0.2, 0) is 0 Å². The lowest BCUT2D eigenvalue weighted by Gasteiger charge is -1.96. The maximum absolute atomic E-state index is 12.0. The van der Waals surface area contributed by atoms with Gasteiger partial charge in [0, 0.05) is 12.1 Å². The highest BCUT2D eigenvalue weighted by Crippen LogP contribution is 2.29. The number of thiazole rings is 2. The minimum absolute atomic E-state index is 0.0323. The van der Waals surface area contributed by atoms with Gasteiger partial charge in [-0.1, -0.05) is 22.7 Å². The number of nitrogens with zero attached hydrogens (tertiary/aromatic N) is 4. The van der Waals surface area contributed by atoms with E-state index in [1.54, 1.807) is 0 Å². The molecule has 0 bridgehead atoms. The summed E-state index contributed by atoms with van der Waals surface area (Å²) in [6, 6.07) is 6.15. The molecule has 8 nitrogen and oxygen atoms in total. The maximum atomic E-state index is 12.0. The predicted molar refractivity (Wildman–Crippen MR) is 81.1 cm³/mol. The number of aromatic nitrogens is 2. The lowest BCUT2D eigenvalue weighted by Crippen LogP contribution is -2.09. The minimum atomic E-state index is -0.488. The number of fused-ring (bicyclic) bond motifs is 1. The van der Waals surface area contributed by atoms with Crippen molar-refractivity contribution < 1.29 is 9.72 Å². The third-order valence-corrected chi connectivity index (χ3v) is 4.46. The molecule has 2 aromatic heterocycles. The molecule has 0 fully saturated rings. The quantitative estimate of drug-likeness (QED) is 0.581. The molecular formula is C12H5N5O3S2. The summed E-state index contributed by atoms with van der Waals surface area (Å²) in [6.07, 6.45) is 1.32. The van der Waals surface area contributed by atoms with Crippen molar-refractivity contribution in [2.75, 3.05) is 5.32 Å². The van der Waals surface area contributed by atoms with Crippen LogP contribution in [0.15, 0.2) is 24.4 Å². The largest absolute Gasteiger partial charge is 0.297 e. The molecule has 0 spiro atoms. The van der Waals surface area contributed by atoms with Crippen LogP contribution in [0.4, 0.5) is 10.8 Å². The van der Waals surface area contributed by atoms with Gasteiger partial charge in [0.2, 0.25) is 0 Å². The van der Waals surface area contributed by atoms with Crippen LogP contribution in [0, 0.1) is 21.4 Å². The van der Waals surface area contributed by atoms with E-state index < -0.39 is 10.8 Å². The van der Waals surface area contributed by atoms with Gasteiger partial charge in [-0.25, -0.2) is 9.97 Å². The molecule has 0 aliphatic heterocycles. The van der Waals surface area contributed by atoms with Gasteiger partial charge in [0.15, 0.2) is 10.1 Å². The zero-order valence-electron chi connectivity index (χ0n) is 10.6. The summed E-state index contributed by atoms with van der Waals surface area (Å²) < 4.78 is 0.603. The summed E-state index contributed by atoms with van der Waals surface area (Å²) >= 11 is 2.11. The van der Waals surface area contributed by atoms with Crippen LogP contribution in [0.2, 0.25) is 0 Å². The smallest absolute Gasteiger partial charge is 0.270 e. The molecule has 0 unspecified atom stereocenters. The average molecular weight is 331 g/mol. The first-order chi connectivity index (χ1) is 10.6. The second-order valence-corrected chi connectivity index (χ2v) is 6.09. The normalized spacial score (nSPS) is 10.3. The number of carbonyl (C=O) groups excluding carboxylic acids is 1. The Morgan fingerprint density at radius 3 is 2.91 bits per heavy atom. The van der Waals surface area contributed by atoms with Crippen molar-refractivity contribution >= 4 is 49.6 Å². The second kappa shape index (κ2) is 5.47. The number of nitriles is 1. The molecule has 0 radical (unpaired) electrons. The topological polar surface area (TPSA) is 122 Å². The highest BCUT2D eigenvalue weighted by atomic mass is 32.1. The zero-order valence-corrected chi connectivity index (χ0v) is 12.3. The minimum Gasteiger partial charge on any atom is -0.297 e. The van der Waals surface area contributed by atoms with Crippen molar-refractivity contribution in [2.45, 2.75) is 0 Å². The van der Waals surface area contributed by atoms with Crippen molar-refractivity contribution in [3.05, 3.63) is 44.4 Å². The van der Waals surface area contributed by atoms with Gasteiger partial charge in [0.1, 0.15) is 10.9 Å². The monoisotopic (exact) mass is 331 g/mol. The fraction of sp³-hybridized carbons (Fsp3) is 0. The Labute approximate surface area is 130 Å². The summed E-state index contributed by atoms with van der Waals surface area (Å²) in [5.74, 6) is -0.424. The fourth-order valence-electron chi connectivity index (χ4n) is 1.67. The molecule has 108 valence electrons. The van der Waals surface area contributed by atoms with E-state index in [2.05, 4.69) is 15.3 Å². The van der Waals surface area contributed by atoms with Crippen molar-refractivity contribution in [3.63, 3.8) is 0 Å². The molecule has 1 aromatic carbocycles. The number of amides is 1. The van der Waals surface area contributed by atoms with E-state index in [0.717, 1.165) is 22.7 Å². The number of benzene rings is 1. The number of carbonyl (C=O) groups is 1. The molecular weight excluding hydrogens is 326 g/mol. The molecule has 0 aliphatic carbocycles. The number of nitro groups is 1. The van der Waals surface area contributed by atoms with Gasteiger partial charge in [-0.15, -0.1) is 0 Å². The Hall–Kier alpha value is -2.90. The Kier molecular flexibility index (Phi) is 3.50. The summed E-state index contributed by atoms with van der Waals surface area (Å²) in [4.78, 5) is 30.5. The van der Waals surface area contributed by atoms with Crippen LogP contribution in [0.1, 0.15) is 14.7 Å². The van der Waals surface area contributed by atoms with Gasteiger partial charge in [-0.2, -0.15) is 5.26 Å². The van der Waals surface area contributed by atoms with E-state index in [1.165, 1.54) is 24.4 Å². The number of nitro benzene ring substituents is 1. The third kappa shape index (κ3) is 2.62. The van der Waals surface area contributed by atoms with Crippen molar-refractivity contribution in [3.8, 4) is 6.07 Å². The highest BCUT2D eigenvalue weighted by molar-refractivity contribution is 7.22. The predicted octanol–water partition coefficient (Wildman–Crippen LogP) is 2.78. The first kappa shape index (κ1) is 14.1. The highest BCUT2D eigenvalue weighted by Gasteiger charge is 2.14. The lowest BCUT2D eigenvalue weighted by atomic mass is 10.3. The molecule has 0 atom stereocenters.